The number of rotatable bonds is 2. The molecule has 0 saturated carbocycles. The summed E-state index contributed by atoms with van der Waals surface area (Å²) < 4.78 is 73.5. The lowest BCUT2D eigenvalue weighted by Crippen LogP contribution is -2.21. The first-order chi connectivity index (χ1) is 8.58. The predicted octanol–water partition coefficient (Wildman–Crippen LogP) is 5.01. The fraction of sp³-hybridized carbons (Fsp3) is 0.182. The van der Waals surface area contributed by atoms with Crippen molar-refractivity contribution in [2.75, 3.05) is 0 Å². The lowest BCUT2D eigenvalue weighted by Gasteiger charge is -2.07. The molecule has 8 heteroatoms. The molecule has 0 unspecified atom stereocenters. The van der Waals surface area contributed by atoms with Crippen molar-refractivity contribution in [3.8, 4) is 0 Å². The number of hydrogen-bond donors (Lipinski definition) is 0. The van der Waals surface area contributed by atoms with Gasteiger partial charge in [0.05, 0.1) is 11.8 Å². The van der Waals surface area contributed by atoms with Gasteiger partial charge in [0.1, 0.15) is 5.71 Å². The van der Waals surface area contributed by atoms with Crippen molar-refractivity contribution in [1.82, 2.24) is 0 Å². The van der Waals surface area contributed by atoms with Crippen LogP contribution in [0.1, 0.15) is 0 Å². The molecule has 1 rings (SSSR count). The van der Waals surface area contributed by atoms with Crippen LogP contribution in [0, 0.1) is 6.08 Å². The van der Waals surface area contributed by atoms with Crippen molar-refractivity contribution in [2.45, 2.75) is 12.4 Å². The molecule has 0 atom stereocenters. The number of allylic oxidation sites excluding steroid dienone is 2. The number of aliphatic imine (C=N–C) groups is 1. The van der Waals surface area contributed by atoms with E-state index in [1.54, 1.807) is 0 Å². The Morgan fingerprint density at radius 2 is 1.58 bits per heavy atom. The average molecular weight is 345 g/mol. The lowest BCUT2D eigenvalue weighted by molar-refractivity contribution is -0.0877. The molecule has 0 fully saturated rings. The molecule has 0 spiro atoms. The van der Waals surface area contributed by atoms with Crippen LogP contribution >= 0.6 is 15.9 Å². The Bertz CT molecular complexity index is 483. The maximum Gasteiger partial charge on any atom is 0.433 e. The highest BCUT2D eigenvalue weighted by Crippen LogP contribution is 2.25. The first kappa shape index (κ1) is 15.7. The number of halogens is 7. The maximum atomic E-state index is 12.5. The van der Waals surface area contributed by atoms with Crippen molar-refractivity contribution < 1.29 is 26.3 Å². The van der Waals surface area contributed by atoms with Gasteiger partial charge in [-0.05, 0) is 30.3 Å². The van der Waals surface area contributed by atoms with Gasteiger partial charge in [-0.25, -0.2) is 4.99 Å². The van der Waals surface area contributed by atoms with Crippen LogP contribution in [-0.2, 0) is 0 Å². The molecule has 1 nitrogen and oxygen atoms in total. The Balaban J connectivity index is 3.11. The van der Waals surface area contributed by atoms with Gasteiger partial charge in [0.2, 0.25) is 0 Å². The topological polar surface area (TPSA) is 12.4 Å². The Morgan fingerprint density at radius 1 is 1.05 bits per heavy atom. The van der Waals surface area contributed by atoms with Crippen molar-refractivity contribution in [3.63, 3.8) is 0 Å². The number of alkyl halides is 6. The highest BCUT2D eigenvalue weighted by atomic mass is 79.9. The van der Waals surface area contributed by atoms with Crippen LogP contribution in [0.4, 0.5) is 32.0 Å². The van der Waals surface area contributed by atoms with Crippen molar-refractivity contribution in [2.24, 2.45) is 4.99 Å². The average Bonchev–Trinajstić information content (AvgIpc) is 2.23. The van der Waals surface area contributed by atoms with E-state index >= 15 is 0 Å². The van der Waals surface area contributed by atoms with Gasteiger partial charge in [0.25, 0.3) is 0 Å². The standard InChI is InChI=1S/C11H5BrF6N/c12-7-1-3-8(4-2-7)19-9(11(16,17)18)5-6-10(13,14)15/h1-5H. The number of hydrogen-bond acceptors (Lipinski definition) is 1. The van der Waals surface area contributed by atoms with Crippen LogP contribution in [-0.4, -0.2) is 18.1 Å². The number of benzene rings is 1. The third-order valence-electron chi connectivity index (χ3n) is 1.74. The highest BCUT2D eigenvalue weighted by Gasteiger charge is 2.35. The van der Waals surface area contributed by atoms with E-state index in [-0.39, 0.29) is 11.8 Å². The van der Waals surface area contributed by atoms with Crippen molar-refractivity contribution in [1.29, 1.82) is 0 Å². The molecule has 103 valence electrons. The Morgan fingerprint density at radius 3 is 2.00 bits per heavy atom. The Kier molecular flexibility index (Phi) is 4.78. The van der Waals surface area contributed by atoms with Gasteiger partial charge in [0.15, 0.2) is 0 Å². The van der Waals surface area contributed by atoms with Crippen LogP contribution in [0.2, 0.25) is 0 Å². The molecule has 0 amide bonds. The second-order valence-electron chi connectivity index (χ2n) is 3.26. The SMILES string of the molecule is FC(F)(F)[C]=CC(=Nc1ccc(Br)cc1)C(F)(F)F. The summed E-state index contributed by atoms with van der Waals surface area (Å²) in [5.74, 6) is 0. The summed E-state index contributed by atoms with van der Waals surface area (Å²) in [6.45, 7) is 0. The van der Waals surface area contributed by atoms with Crippen LogP contribution < -0.4 is 0 Å². The maximum absolute atomic E-state index is 12.5. The molecule has 0 aliphatic carbocycles. The van der Waals surface area contributed by atoms with Gasteiger partial charge < -0.3 is 0 Å². The summed E-state index contributed by atoms with van der Waals surface area (Å²) >= 11 is 3.07. The zero-order valence-electron chi connectivity index (χ0n) is 8.98. The molecule has 0 aromatic heterocycles. The van der Waals surface area contributed by atoms with Gasteiger partial charge in [-0.2, -0.15) is 26.3 Å². The fourth-order valence-corrected chi connectivity index (χ4v) is 1.25. The van der Waals surface area contributed by atoms with E-state index < -0.39 is 18.1 Å². The smallest absolute Gasteiger partial charge is 0.244 e. The number of nitrogens with zero attached hydrogens (tertiary/aromatic N) is 1. The van der Waals surface area contributed by atoms with E-state index in [9.17, 15) is 26.3 Å². The van der Waals surface area contributed by atoms with E-state index in [1.165, 1.54) is 24.3 Å². The molecular formula is C11H5BrF6N. The third kappa shape index (κ3) is 5.91. The van der Waals surface area contributed by atoms with Gasteiger partial charge in [-0.3, -0.25) is 0 Å². The summed E-state index contributed by atoms with van der Waals surface area (Å²) in [6.07, 6.45) is -9.49. The monoisotopic (exact) mass is 344 g/mol. The summed E-state index contributed by atoms with van der Waals surface area (Å²) in [5.41, 5.74) is -1.79. The Hall–Kier alpha value is -1.31. The first-order valence-electron chi connectivity index (χ1n) is 4.67. The normalized spacial score (nSPS) is 14.2. The molecule has 0 aliphatic rings. The Labute approximate surface area is 112 Å². The molecule has 0 heterocycles. The van der Waals surface area contributed by atoms with Crippen LogP contribution in [0.5, 0.6) is 0 Å². The van der Waals surface area contributed by atoms with Crippen LogP contribution in [0.3, 0.4) is 0 Å². The quantitative estimate of drug-likeness (QED) is 0.528. The van der Waals surface area contributed by atoms with Gasteiger partial charge >= 0.3 is 12.4 Å². The van der Waals surface area contributed by atoms with Crippen molar-refractivity contribution in [3.05, 3.63) is 40.9 Å². The minimum atomic E-state index is -4.99. The molecule has 0 aliphatic heterocycles. The van der Waals surface area contributed by atoms with Crippen LogP contribution in [0.25, 0.3) is 0 Å². The van der Waals surface area contributed by atoms with Crippen LogP contribution in [0.15, 0.2) is 39.8 Å². The zero-order chi connectivity index (χ0) is 14.7. The van der Waals surface area contributed by atoms with E-state index in [0.717, 1.165) is 0 Å². The van der Waals surface area contributed by atoms with E-state index in [1.807, 2.05) is 0 Å². The van der Waals surface area contributed by atoms with E-state index in [0.29, 0.717) is 10.5 Å². The molecule has 0 N–H and O–H groups in total. The summed E-state index contributed by atoms with van der Waals surface area (Å²) in [5, 5.41) is 0. The summed E-state index contributed by atoms with van der Waals surface area (Å²) in [7, 11) is 0. The molecule has 1 radical (unpaired) electrons. The molecule has 19 heavy (non-hydrogen) atoms. The molecule has 0 bridgehead atoms. The van der Waals surface area contributed by atoms with Gasteiger partial charge in [-0.15, -0.1) is 0 Å². The second kappa shape index (κ2) is 5.77. The second-order valence-corrected chi connectivity index (χ2v) is 4.17. The minimum absolute atomic E-state index is 0.115. The summed E-state index contributed by atoms with van der Waals surface area (Å²) in [4.78, 5) is 3.13. The fourth-order valence-electron chi connectivity index (χ4n) is 0.982. The minimum Gasteiger partial charge on any atom is -0.244 e. The highest BCUT2D eigenvalue weighted by molar-refractivity contribution is 9.10. The zero-order valence-corrected chi connectivity index (χ0v) is 10.6. The van der Waals surface area contributed by atoms with Crippen molar-refractivity contribution >= 4 is 27.3 Å². The van der Waals surface area contributed by atoms with E-state index in [2.05, 4.69) is 20.9 Å². The molecule has 1 aromatic rings. The molecule has 1 aromatic carbocycles. The third-order valence-corrected chi connectivity index (χ3v) is 2.27. The van der Waals surface area contributed by atoms with Gasteiger partial charge in [-0.1, -0.05) is 15.9 Å². The molecular weight excluding hydrogens is 340 g/mol. The largest absolute Gasteiger partial charge is 0.433 e. The molecule has 0 saturated heterocycles. The van der Waals surface area contributed by atoms with E-state index in [4.69, 9.17) is 0 Å². The first-order valence-corrected chi connectivity index (χ1v) is 5.46. The predicted molar refractivity (Wildman–Crippen MR) is 61.2 cm³/mol. The lowest BCUT2D eigenvalue weighted by atomic mass is 10.3. The summed E-state index contributed by atoms with van der Waals surface area (Å²) in [6, 6.07) is 5.31. The van der Waals surface area contributed by atoms with Gasteiger partial charge in [0, 0.05) is 4.47 Å².